The molecule has 2 amide bonds. The van der Waals surface area contributed by atoms with Crippen LogP contribution in [0.3, 0.4) is 0 Å². The highest BCUT2D eigenvalue weighted by molar-refractivity contribution is 8.00. The number of rotatable bonds is 6. The van der Waals surface area contributed by atoms with E-state index in [9.17, 15) is 14.0 Å². The van der Waals surface area contributed by atoms with Gasteiger partial charge in [-0.25, -0.2) is 4.39 Å². The van der Waals surface area contributed by atoms with Gasteiger partial charge >= 0.3 is 0 Å². The maximum atomic E-state index is 13.5. The number of amides is 2. The molecule has 0 bridgehead atoms. The van der Waals surface area contributed by atoms with E-state index in [1.165, 1.54) is 36.9 Å². The standard InChI is InChI=1S/C19H21FN2O3S/c1-12-8-10-15(11-9-12)26-14(3)19(24)22-21-18(23)13(2)25-17-7-5-4-6-16(17)20/h4-11,13-14H,1-3H3,(H,21,23)(H,22,24)/t13-,14+/m0/s1. The van der Waals surface area contributed by atoms with Gasteiger partial charge in [-0.05, 0) is 45.0 Å². The lowest BCUT2D eigenvalue weighted by Crippen LogP contribution is -2.49. The Balaban J connectivity index is 1.81. The molecule has 5 nitrogen and oxygen atoms in total. The number of nitrogens with one attached hydrogen (secondary N) is 2. The Kier molecular flexibility index (Phi) is 7.03. The van der Waals surface area contributed by atoms with Crippen molar-refractivity contribution >= 4 is 23.6 Å². The molecule has 0 fully saturated rings. The molecule has 7 heteroatoms. The fourth-order valence-electron chi connectivity index (χ4n) is 1.99. The Hall–Kier alpha value is -2.54. The van der Waals surface area contributed by atoms with Crippen molar-refractivity contribution in [3.8, 4) is 5.75 Å². The quantitative estimate of drug-likeness (QED) is 0.600. The van der Waals surface area contributed by atoms with E-state index in [-0.39, 0.29) is 11.7 Å². The predicted molar refractivity (Wildman–Crippen MR) is 99.3 cm³/mol. The second-order valence-corrected chi connectivity index (χ2v) is 7.16. The normalized spacial score (nSPS) is 12.8. The molecule has 0 aliphatic carbocycles. The Morgan fingerprint density at radius 2 is 1.62 bits per heavy atom. The summed E-state index contributed by atoms with van der Waals surface area (Å²) in [4.78, 5) is 25.1. The van der Waals surface area contributed by atoms with E-state index in [1.54, 1.807) is 13.0 Å². The zero-order valence-corrected chi connectivity index (χ0v) is 15.6. The lowest BCUT2D eigenvalue weighted by Gasteiger charge is -2.17. The zero-order valence-electron chi connectivity index (χ0n) is 14.8. The van der Waals surface area contributed by atoms with E-state index in [0.29, 0.717) is 0 Å². The molecule has 26 heavy (non-hydrogen) atoms. The Bertz CT molecular complexity index is 768. The summed E-state index contributed by atoms with van der Waals surface area (Å²) in [5, 5.41) is -0.402. The molecule has 2 aromatic rings. The smallest absolute Gasteiger partial charge is 0.279 e. The fraction of sp³-hybridized carbons (Fsp3) is 0.263. The van der Waals surface area contributed by atoms with Crippen LogP contribution in [0.4, 0.5) is 4.39 Å². The highest BCUT2D eigenvalue weighted by atomic mass is 32.2. The van der Waals surface area contributed by atoms with E-state index < -0.39 is 23.1 Å². The van der Waals surface area contributed by atoms with Crippen LogP contribution >= 0.6 is 11.8 Å². The highest BCUT2D eigenvalue weighted by Crippen LogP contribution is 2.23. The monoisotopic (exact) mass is 376 g/mol. The molecule has 0 spiro atoms. The number of thioether (sulfide) groups is 1. The minimum absolute atomic E-state index is 0.0234. The molecule has 0 saturated heterocycles. The van der Waals surface area contributed by atoms with Gasteiger partial charge in [0, 0.05) is 4.90 Å². The second kappa shape index (κ2) is 9.24. The molecule has 0 aromatic heterocycles. The molecular formula is C19H21FN2O3S. The summed E-state index contributed by atoms with van der Waals surface area (Å²) in [7, 11) is 0. The van der Waals surface area contributed by atoms with Crippen molar-refractivity contribution in [2.24, 2.45) is 0 Å². The van der Waals surface area contributed by atoms with Crippen LogP contribution in [0.5, 0.6) is 5.75 Å². The number of carbonyl (C=O) groups excluding carboxylic acids is 2. The van der Waals surface area contributed by atoms with Crippen molar-refractivity contribution in [2.75, 3.05) is 0 Å². The molecule has 0 saturated carbocycles. The van der Waals surface area contributed by atoms with Crippen molar-refractivity contribution in [1.29, 1.82) is 0 Å². The summed E-state index contributed by atoms with van der Waals surface area (Å²) in [5.74, 6) is -1.50. The van der Waals surface area contributed by atoms with Gasteiger partial charge in [0.2, 0.25) is 0 Å². The number of hydrogen-bond acceptors (Lipinski definition) is 4. The average molecular weight is 376 g/mol. The number of hydrazine groups is 1. The molecule has 138 valence electrons. The minimum Gasteiger partial charge on any atom is -0.478 e. The average Bonchev–Trinajstić information content (AvgIpc) is 2.63. The van der Waals surface area contributed by atoms with E-state index in [1.807, 2.05) is 31.2 Å². The largest absolute Gasteiger partial charge is 0.478 e. The second-order valence-electron chi connectivity index (χ2n) is 5.74. The third-order valence-corrected chi connectivity index (χ3v) is 4.63. The van der Waals surface area contributed by atoms with Gasteiger partial charge in [-0.1, -0.05) is 29.8 Å². The van der Waals surface area contributed by atoms with Crippen LogP contribution in [0.15, 0.2) is 53.4 Å². The lowest BCUT2D eigenvalue weighted by molar-refractivity contribution is -0.132. The first-order chi connectivity index (χ1) is 12.4. The summed E-state index contributed by atoms with van der Waals surface area (Å²) in [6.07, 6.45) is -0.966. The highest BCUT2D eigenvalue weighted by Gasteiger charge is 2.19. The molecule has 2 N–H and O–H groups in total. The van der Waals surface area contributed by atoms with Crippen molar-refractivity contribution in [3.63, 3.8) is 0 Å². The third kappa shape index (κ3) is 5.77. The van der Waals surface area contributed by atoms with Crippen molar-refractivity contribution in [3.05, 3.63) is 59.9 Å². The molecule has 0 aliphatic rings. The summed E-state index contributed by atoms with van der Waals surface area (Å²) < 4.78 is 18.8. The van der Waals surface area contributed by atoms with Crippen LogP contribution in [0.25, 0.3) is 0 Å². The fourth-order valence-corrected chi connectivity index (χ4v) is 2.85. The van der Waals surface area contributed by atoms with Crippen LogP contribution in [-0.2, 0) is 9.59 Å². The molecule has 2 rings (SSSR count). The van der Waals surface area contributed by atoms with E-state index >= 15 is 0 Å². The molecule has 2 atom stereocenters. The van der Waals surface area contributed by atoms with Gasteiger partial charge in [-0.15, -0.1) is 11.8 Å². The van der Waals surface area contributed by atoms with Crippen molar-refractivity contribution < 1.29 is 18.7 Å². The zero-order chi connectivity index (χ0) is 19.1. The van der Waals surface area contributed by atoms with Crippen LogP contribution in [0.1, 0.15) is 19.4 Å². The van der Waals surface area contributed by atoms with E-state index in [2.05, 4.69) is 10.9 Å². The third-order valence-electron chi connectivity index (χ3n) is 3.52. The molecule has 0 radical (unpaired) electrons. The van der Waals surface area contributed by atoms with Crippen LogP contribution in [-0.4, -0.2) is 23.2 Å². The van der Waals surface area contributed by atoms with E-state index in [4.69, 9.17) is 4.74 Å². The minimum atomic E-state index is -0.966. The molecular weight excluding hydrogens is 355 g/mol. The number of aryl methyl sites for hydroxylation is 1. The summed E-state index contributed by atoms with van der Waals surface area (Å²) in [6, 6.07) is 13.6. The first-order valence-corrected chi connectivity index (χ1v) is 8.99. The summed E-state index contributed by atoms with van der Waals surface area (Å²) in [6.45, 7) is 5.20. The first kappa shape index (κ1) is 19.8. The van der Waals surface area contributed by atoms with Crippen LogP contribution in [0.2, 0.25) is 0 Å². The SMILES string of the molecule is Cc1ccc(S[C@H](C)C(=O)NNC(=O)[C@H](C)Oc2ccccc2F)cc1. The van der Waals surface area contributed by atoms with Gasteiger partial charge in [0.25, 0.3) is 11.8 Å². The van der Waals surface area contributed by atoms with Crippen LogP contribution < -0.4 is 15.6 Å². The molecule has 0 aliphatic heterocycles. The van der Waals surface area contributed by atoms with Crippen molar-refractivity contribution in [2.45, 2.75) is 37.0 Å². The van der Waals surface area contributed by atoms with Gasteiger partial charge in [0.15, 0.2) is 17.7 Å². The Morgan fingerprint density at radius 3 is 2.27 bits per heavy atom. The number of ether oxygens (including phenoxy) is 1. The Labute approximate surface area is 156 Å². The maximum absolute atomic E-state index is 13.5. The Morgan fingerprint density at radius 1 is 1.00 bits per heavy atom. The summed E-state index contributed by atoms with van der Waals surface area (Å²) in [5.41, 5.74) is 5.80. The molecule has 0 heterocycles. The summed E-state index contributed by atoms with van der Waals surface area (Å²) >= 11 is 1.38. The predicted octanol–water partition coefficient (Wildman–Crippen LogP) is 3.23. The first-order valence-electron chi connectivity index (χ1n) is 8.11. The van der Waals surface area contributed by atoms with Crippen molar-refractivity contribution in [1.82, 2.24) is 10.9 Å². The number of carbonyl (C=O) groups is 2. The van der Waals surface area contributed by atoms with Gasteiger partial charge in [-0.3, -0.25) is 20.4 Å². The van der Waals surface area contributed by atoms with Crippen LogP contribution in [0, 0.1) is 12.7 Å². The van der Waals surface area contributed by atoms with Gasteiger partial charge in [-0.2, -0.15) is 0 Å². The van der Waals surface area contributed by atoms with Gasteiger partial charge < -0.3 is 4.74 Å². The number of halogens is 1. The molecule has 0 unspecified atom stereocenters. The topological polar surface area (TPSA) is 67.4 Å². The van der Waals surface area contributed by atoms with Gasteiger partial charge in [0.05, 0.1) is 5.25 Å². The molecule has 2 aromatic carbocycles. The van der Waals surface area contributed by atoms with E-state index in [0.717, 1.165) is 10.5 Å². The lowest BCUT2D eigenvalue weighted by atomic mass is 10.2. The van der Waals surface area contributed by atoms with Gasteiger partial charge in [0.1, 0.15) is 0 Å². The maximum Gasteiger partial charge on any atom is 0.279 e. The number of hydrogen-bond donors (Lipinski definition) is 2. The number of para-hydroxylation sites is 1. The number of benzene rings is 2.